The first kappa shape index (κ1) is 15.7. The number of hydrogen-bond donors (Lipinski definition) is 0. The van der Waals surface area contributed by atoms with Crippen molar-refractivity contribution in [1.29, 1.82) is 0 Å². The summed E-state index contributed by atoms with van der Waals surface area (Å²) in [5.41, 5.74) is 0.527. The van der Waals surface area contributed by atoms with Gasteiger partial charge in [-0.15, -0.1) is 0 Å². The Balaban J connectivity index is 1.84. The lowest BCUT2D eigenvalue weighted by molar-refractivity contribution is 0.274. The predicted octanol–water partition coefficient (Wildman–Crippen LogP) is 3.84. The van der Waals surface area contributed by atoms with E-state index in [1.807, 2.05) is 0 Å². The van der Waals surface area contributed by atoms with E-state index < -0.39 is 10.0 Å². The molecule has 2 fully saturated rings. The normalized spacial score (nSPS) is 21.1. The molecule has 0 radical (unpaired) electrons. The molecule has 2 aliphatic rings. The molecule has 0 N–H and O–H groups in total. The summed E-state index contributed by atoms with van der Waals surface area (Å²) in [5, 5.41) is 0. The van der Waals surface area contributed by atoms with Crippen LogP contribution in [0.5, 0.6) is 0 Å². The highest BCUT2D eigenvalue weighted by atomic mass is 35.5. The molecule has 0 amide bonds. The molecule has 0 aromatic carbocycles. The van der Waals surface area contributed by atoms with Gasteiger partial charge >= 0.3 is 0 Å². The summed E-state index contributed by atoms with van der Waals surface area (Å²) < 4.78 is 28.3. The number of hydrogen-bond acceptors (Lipinski definition) is 4. The summed E-state index contributed by atoms with van der Waals surface area (Å²) in [5.74, 6) is 0.512. The first-order valence-electron chi connectivity index (χ1n) is 7.63. The van der Waals surface area contributed by atoms with E-state index in [4.69, 9.17) is 11.6 Å². The van der Waals surface area contributed by atoms with Crippen LogP contribution < -0.4 is 0 Å². The van der Waals surface area contributed by atoms with Crippen LogP contribution in [-0.4, -0.2) is 30.3 Å². The topological polar surface area (TPSA) is 50.3 Å². The van der Waals surface area contributed by atoms with E-state index in [1.165, 1.54) is 19.3 Å². The standard InChI is InChI=1S/C14H21ClN2O2S2/c1-10-13(20-14(15)16-10)21(18,19)17(12-7-8-12)9-11-5-3-2-4-6-11/h11-12H,2-9H2,1H3. The Hall–Kier alpha value is -0.170. The Morgan fingerprint density at radius 3 is 2.43 bits per heavy atom. The van der Waals surface area contributed by atoms with Gasteiger partial charge in [0.25, 0.3) is 10.0 Å². The molecular weight excluding hydrogens is 328 g/mol. The molecule has 118 valence electrons. The van der Waals surface area contributed by atoms with Crippen molar-refractivity contribution in [3.8, 4) is 0 Å². The number of aromatic nitrogens is 1. The Kier molecular flexibility index (Phi) is 4.60. The van der Waals surface area contributed by atoms with Gasteiger partial charge in [0.2, 0.25) is 0 Å². The van der Waals surface area contributed by atoms with Crippen molar-refractivity contribution >= 4 is 33.0 Å². The average molecular weight is 349 g/mol. The van der Waals surface area contributed by atoms with Crippen LogP contribution in [0, 0.1) is 12.8 Å². The zero-order chi connectivity index (χ0) is 15.0. The predicted molar refractivity (Wildman–Crippen MR) is 85.3 cm³/mol. The van der Waals surface area contributed by atoms with Gasteiger partial charge in [0, 0.05) is 12.6 Å². The molecule has 1 aromatic heterocycles. The second-order valence-electron chi connectivity index (χ2n) is 6.15. The number of sulfonamides is 1. The SMILES string of the molecule is Cc1nc(Cl)sc1S(=O)(=O)N(CC1CCCCC1)C1CC1. The van der Waals surface area contributed by atoms with Crippen molar-refractivity contribution in [3.05, 3.63) is 10.2 Å². The zero-order valence-electron chi connectivity index (χ0n) is 12.2. The van der Waals surface area contributed by atoms with Crippen LogP contribution in [0.3, 0.4) is 0 Å². The van der Waals surface area contributed by atoms with Gasteiger partial charge < -0.3 is 0 Å². The van der Waals surface area contributed by atoms with E-state index in [-0.39, 0.29) is 6.04 Å². The third-order valence-corrected chi connectivity index (χ3v) is 8.15. The highest BCUT2D eigenvalue weighted by Crippen LogP contribution is 2.38. The summed E-state index contributed by atoms with van der Waals surface area (Å²) in [6.07, 6.45) is 8.02. The van der Waals surface area contributed by atoms with Crippen molar-refractivity contribution in [1.82, 2.24) is 9.29 Å². The number of aryl methyl sites for hydroxylation is 1. The monoisotopic (exact) mass is 348 g/mol. The first-order chi connectivity index (χ1) is 9.98. The lowest BCUT2D eigenvalue weighted by Crippen LogP contribution is -2.37. The fourth-order valence-corrected chi connectivity index (χ4v) is 6.74. The minimum atomic E-state index is -3.44. The zero-order valence-corrected chi connectivity index (χ0v) is 14.6. The average Bonchev–Trinajstić information content (AvgIpc) is 3.21. The molecule has 0 atom stereocenters. The van der Waals surface area contributed by atoms with Crippen molar-refractivity contribution in [2.45, 2.75) is 62.1 Å². The van der Waals surface area contributed by atoms with E-state index in [0.717, 1.165) is 37.0 Å². The van der Waals surface area contributed by atoms with Gasteiger partial charge in [0.1, 0.15) is 0 Å². The lowest BCUT2D eigenvalue weighted by atomic mass is 9.89. The van der Waals surface area contributed by atoms with E-state index in [2.05, 4.69) is 4.98 Å². The van der Waals surface area contributed by atoms with Crippen LogP contribution in [-0.2, 0) is 10.0 Å². The molecule has 2 saturated carbocycles. The minimum absolute atomic E-state index is 0.192. The number of rotatable bonds is 5. The van der Waals surface area contributed by atoms with Gasteiger partial charge in [-0.05, 0) is 38.5 Å². The third kappa shape index (κ3) is 3.44. The van der Waals surface area contributed by atoms with E-state index in [9.17, 15) is 8.42 Å². The fraction of sp³-hybridized carbons (Fsp3) is 0.786. The van der Waals surface area contributed by atoms with Crippen molar-refractivity contribution in [2.75, 3.05) is 6.54 Å². The highest BCUT2D eigenvalue weighted by Gasteiger charge is 2.41. The summed E-state index contributed by atoms with van der Waals surface area (Å²) in [4.78, 5) is 4.06. The molecule has 3 rings (SSSR count). The van der Waals surface area contributed by atoms with E-state index >= 15 is 0 Å². The van der Waals surface area contributed by atoms with Crippen LogP contribution in [0.1, 0.15) is 50.6 Å². The van der Waals surface area contributed by atoms with E-state index in [0.29, 0.717) is 26.8 Å². The second kappa shape index (κ2) is 6.14. The Morgan fingerprint density at radius 2 is 1.90 bits per heavy atom. The molecule has 0 bridgehead atoms. The van der Waals surface area contributed by atoms with Crippen molar-refractivity contribution in [3.63, 3.8) is 0 Å². The summed E-state index contributed by atoms with van der Waals surface area (Å²) in [6.45, 7) is 2.39. The molecular formula is C14H21ClN2O2S2. The number of thiazole rings is 1. The van der Waals surface area contributed by atoms with Crippen molar-refractivity contribution < 1.29 is 8.42 Å². The van der Waals surface area contributed by atoms with Crippen LogP contribution in [0.15, 0.2) is 4.21 Å². The highest BCUT2D eigenvalue weighted by molar-refractivity contribution is 7.91. The van der Waals surface area contributed by atoms with Crippen LogP contribution in [0.2, 0.25) is 4.47 Å². The smallest absolute Gasteiger partial charge is 0.229 e. The largest absolute Gasteiger partial charge is 0.254 e. The molecule has 2 aliphatic carbocycles. The molecule has 1 heterocycles. The second-order valence-corrected chi connectivity index (χ2v) is 9.82. The Bertz CT molecular complexity index is 604. The Morgan fingerprint density at radius 1 is 1.24 bits per heavy atom. The van der Waals surface area contributed by atoms with Gasteiger partial charge in [0.05, 0.1) is 5.69 Å². The molecule has 0 aliphatic heterocycles. The minimum Gasteiger partial charge on any atom is -0.229 e. The Labute approximate surface area is 135 Å². The van der Waals surface area contributed by atoms with Gasteiger partial charge in [-0.3, -0.25) is 0 Å². The third-order valence-electron chi connectivity index (χ3n) is 4.39. The van der Waals surface area contributed by atoms with Gasteiger partial charge in [0.15, 0.2) is 8.68 Å². The molecule has 21 heavy (non-hydrogen) atoms. The number of halogens is 1. The quantitative estimate of drug-likeness (QED) is 0.812. The lowest BCUT2D eigenvalue weighted by Gasteiger charge is -2.29. The maximum atomic E-state index is 13.0. The maximum absolute atomic E-state index is 13.0. The van der Waals surface area contributed by atoms with Gasteiger partial charge in [-0.1, -0.05) is 42.2 Å². The molecule has 0 saturated heterocycles. The molecule has 0 unspecified atom stereocenters. The summed E-state index contributed by atoms with van der Waals surface area (Å²) >= 11 is 6.97. The molecule has 7 heteroatoms. The van der Waals surface area contributed by atoms with Crippen LogP contribution >= 0.6 is 22.9 Å². The molecule has 1 aromatic rings. The van der Waals surface area contributed by atoms with E-state index in [1.54, 1.807) is 11.2 Å². The maximum Gasteiger partial charge on any atom is 0.254 e. The van der Waals surface area contributed by atoms with Gasteiger partial charge in [-0.2, -0.15) is 4.31 Å². The van der Waals surface area contributed by atoms with Crippen molar-refractivity contribution in [2.24, 2.45) is 5.92 Å². The summed E-state index contributed by atoms with van der Waals surface area (Å²) in [6, 6.07) is 0.192. The number of nitrogens with zero attached hydrogens (tertiary/aromatic N) is 2. The summed E-state index contributed by atoms with van der Waals surface area (Å²) in [7, 11) is -3.44. The van der Waals surface area contributed by atoms with Gasteiger partial charge in [-0.25, -0.2) is 13.4 Å². The van der Waals surface area contributed by atoms with Crippen LogP contribution in [0.4, 0.5) is 0 Å². The molecule has 4 nitrogen and oxygen atoms in total. The molecule has 0 spiro atoms. The fourth-order valence-electron chi connectivity index (χ4n) is 3.13. The van der Waals surface area contributed by atoms with Crippen LogP contribution in [0.25, 0.3) is 0 Å². The first-order valence-corrected chi connectivity index (χ1v) is 10.3.